The van der Waals surface area contributed by atoms with Crippen LogP contribution in [0, 0.1) is 0 Å². The molecule has 0 saturated heterocycles. The fourth-order valence-electron chi connectivity index (χ4n) is 1.68. The number of imidazole rings is 1. The van der Waals surface area contributed by atoms with Crippen LogP contribution in [0.3, 0.4) is 0 Å². The molecule has 0 radical (unpaired) electrons. The number of halogens is 1. The lowest BCUT2D eigenvalue weighted by atomic mass is 10.3. The van der Waals surface area contributed by atoms with E-state index in [9.17, 15) is 0 Å². The Morgan fingerprint density at radius 2 is 1.94 bits per heavy atom. The molecule has 0 aliphatic heterocycles. The highest BCUT2D eigenvalue weighted by Gasteiger charge is 2.08. The summed E-state index contributed by atoms with van der Waals surface area (Å²) in [5.41, 5.74) is 1.92. The number of fused-ring (bicyclic) bond motifs is 1. The van der Waals surface area contributed by atoms with E-state index in [0.717, 1.165) is 21.6 Å². The van der Waals surface area contributed by atoms with Gasteiger partial charge in [-0.1, -0.05) is 12.1 Å². The first-order valence-electron chi connectivity index (χ1n) is 4.89. The second-order valence-corrected chi connectivity index (χ2v) is 4.22. The maximum absolute atomic E-state index is 4.40. The summed E-state index contributed by atoms with van der Waals surface area (Å²) in [7, 11) is 0. The molecule has 0 aliphatic carbocycles. The van der Waals surface area contributed by atoms with E-state index >= 15 is 0 Å². The second-order valence-electron chi connectivity index (χ2n) is 3.41. The van der Waals surface area contributed by atoms with E-state index in [0.29, 0.717) is 0 Å². The van der Waals surface area contributed by atoms with Crippen molar-refractivity contribution >= 4 is 21.4 Å². The summed E-state index contributed by atoms with van der Waals surface area (Å²) in [5.74, 6) is 0.850. The topological polar surface area (TPSA) is 30.2 Å². The lowest BCUT2D eigenvalue weighted by Gasteiger charge is -2.02. The van der Waals surface area contributed by atoms with Crippen LogP contribution in [-0.4, -0.2) is 14.4 Å². The molecule has 78 valence electrons. The molecule has 0 aliphatic rings. The van der Waals surface area contributed by atoms with Crippen molar-refractivity contribution in [3.63, 3.8) is 0 Å². The Morgan fingerprint density at radius 1 is 1.00 bits per heavy atom. The SMILES string of the molecule is Brc1cccc2cnc(-c3ccccn3)n12. The van der Waals surface area contributed by atoms with Crippen molar-refractivity contribution in [1.29, 1.82) is 0 Å². The van der Waals surface area contributed by atoms with Crippen molar-refractivity contribution in [3.05, 3.63) is 53.4 Å². The van der Waals surface area contributed by atoms with Gasteiger partial charge >= 0.3 is 0 Å². The van der Waals surface area contributed by atoms with Gasteiger partial charge in [-0.3, -0.25) is 9.38 Å². The Balaban J connectivity index is 2.33. The first kappa shape index (κ1) is 9.54. The third-order valence-corrected chi connectivity index (χ3v) is 3.02. The van der Waals surface area contributed by atoms with E-state index in [1.54, 1.807) is 6.20 Å². The minimum absolute atomic E-state index is 0.850. The van der Waals surface area contributed by atoms with Crippen molar-refractivity contribution in [2.75, 3.05) is 0 Å². The molecule has 0 unspecified atom stereocenters. The Morgan fingerprint density at radius 3 is 2.75 bits per heavy atom. The average molecular weight is 274 g/mol. The maximum atomic E-state index is 4.40. The minimum atomic E-state index is 0.850. The molecule has 0 aromatic carbocycles. The van der Waals surface area contributed by atoms with Gasteiger partial charge in [-0.2, -0.15) is 0 Å². The van der Waals surface area contributed by atoms with Crippen LogP contribution >= 0.6 is 15.9 Å². The van der Waals surface area contributed by atoms with Gasteiger partial charge in [0.1, 0.15) is 5.69 Å². The molecule has 0 bridgehead atoms. The molecule has 4 heteroatoms. The minimum Gasteiger partial charge on any atom is -0.285 e. The lowest BCUT2D eigenvalue weighted by molar-refractivity contribution is 1.10. The molecule has 3 aromatic heterocycles. The fraction of sp³-hybridized carbons (Fsp3) is 0. The number of pyridine rings is 2. The van der Waals surface area contributed by atoms with Gasteiger partial charge in [0, 0.05) is 6.20 Å². The number of rotatable bonds is 1. The summed E-state index contributed by atoms with van der Waals surface area (Å²) < 4.78 is 3.01. The van der Waals surface area contributed by atoms with Crippen LogP contribution in [-0.2, 0) is 0 Å². The summed E-state index contributed by atoms with van der Waals surface area (Å²) >= 11 is 3.52. The van der Waals surface area contributed by atoms with Crippen molar-refractivity contribution in [1.82, 2.24) is 14.4 Å². The highest BCUT2D eigenvalue weighted by molar-refractivity contribution is 9.10. The average Bonchev–Trinajstić information content (AvgIpc) is 2.75. The Labute approximate surface area is 101 Å². The van der Waals surface area contributed by atoms with Gasteiger partial charge in [0.25, 0.3) is 0 Å². The van der Waals surface area contributed by atoms with Crippen LogP contribution in [0.2, 0.25) is 0 Å². The van der Waals surface area contributed by atoms with Crippen molar-refractivity contribution in [2.45, 2.75) is 0 Å². The van der Waals surface area contributed by atoms with E-state index in [1.807, 2.05) is 47.0 Å². The first-order valence-corrected chi connectivity index (χ1v) is 5.69. The van der Waals surface area contributed by atoms with Crippen LogP contribution in [0.5, 0.6) is 0 Å². The third-order valence-electron chi connectivity index (χ3n) is 2.40. The molecule has 3 aromatic rings. The fourth-order valence-corrected chi connectivity index (χ4v) is 2.21. The van der Waals surface area contributed by atoms with Gasteiger partial charge < -0.3 is 0 Å². The number of hydrogen-bond donors (Lipinski definition) is 0. The summed E-state index contributed by atoms with van der Waals surface area (Å²) in [6.45, 7) is 0. The molecular weight excluding hydrogens is 266 g/mol. The molecule has 16 heavy (non-hydrogen) atoms. The Bertz CT molecular complexity index is 631. The molecule has 0 atom stereocenters. The van der Waals surface area contributed by atoms with Gasteiger partial charge in [0.15, 0.2) is 5.82 Å². The second kappa shape index (κ2) is 3.72. The van der Waals surface area contributed by atoms with E-state index in [-0.39, 0.29) is 0 Å². The van der Waals surface area contributed by atoms with E-state index in [2.05, 4.69) is 25.9 Å². The highest BCUT2D eigenvalue weighted by atomic mass is 79.9. The number of nitrogens with zero attached hydrogens (tertiary/aromatic N) is 3. The van der Waals surface area contributed by atoms with Crippen molar-refractivity contribution < 1.29 is 0 Å². The Kier molecular flexibility index (Phi) is 2.22. The van der Waals surface area contributed by atoms with E-state index in [4.69, 9.17) is 0 Å². The first-order chi connectivity index (χ1) is 7.86. The molecular formula is C12H8BrN3. The largest absolute Gasteiger partial charge is 0.285 e. The summed E-state index contributed by atoms with van der Waals surface area (Å²) in [6.07, 6.45) is 3.61. The zero-order chi connectivity index (χ0) is 11.0. The quantitative estimate of drug-likeness (QED) is 0.638. The molecule has 3 rings (SSSR count). The molecule has 3 nitrogen and oxygen atoms in total. The zero-order valence-electron chi connectivity index (χ0n) is 8.34. The summed E-state index contributed by atoms with van der Waals surface area (Å²) in [6, 6.07) is 11.8. The van der Waals surface area contributed by atoms with Gasteiger partial charge in [0.05, 0.1) is 16.3 Å². The summed E-state index contributed by atoms with van der Waals surface area (Å²) in [4.78, 5) is 8.71. The number of aromatic nitrogens is 3. The lowest BCUT2D eigenvalue weighted by Crippen LogP contribution is -1.92. The maximum Gasteiger partial charge on any atom is 0.164 e. The van der Waals surface area contributed by atoms with E-state index < -0.39 is 0 Å². The molecule has 0 fully saturated rings. The predicted octanol–water partition coefficient (Wildman–Crippen LogP) is 3.16. The smallest absolute Gasteiger partial charge is 0.164 e. The molecule has 3 heterocycles. The van der Waals surface area contributed by atoms with Gasteiger partial charge in [-0.05, 0) is 40.2 Å². The van der Waals surface area contributed by atoms with Crippen molar-refractivity contribution in [3.8, 4) is 11.5 Å². The molecule has 0 spiro atoms. The van der Waals surface area contributed by atoms with Crippen LogP contribution in [0.4, 0.5) is 0 Å². The number of hydrogen-bond acceptors (Lipinski definition) is 2. The molecule has 0 N–H and O–H groups in total. The van der Waals surface area contributed by atoms with Crippen LogP contribution in [0.25, 0.3) is 17.0 Å². The zero-order valence-corrected chi connectivity index (χ0v) is 9.92. The third kappa shape index (κ3) is 1.42. The van der Waals surface area contributed by atoms with Crippen molar-refractivity contribution in [2.24, 2.45) is 0 Å². The predicted molar refractivity (Wildman–Crippen MR) is 66.1 cm³/mol. The van der Waals surface area contributed by atoms with Crippen LogP contribution < -0.4 is 0 Å². The summed E-state index contributed by atoms with van der Waals surface area (Å²) in [5, 5.41) is 0. The van der Waals surface area contributed by atoms with Gasteiger partial charge in [-0.15, -0.1) is 0 Å². The van der Waals surface area contributed by atoms with Crippen LogP contribution in [0.15, 0.2) is 53.4 Å². The highest BCUT2D eigenvalue weighted by Crippen LogP contribution is 2.22. The van der Waals surface area contributed by atoms with Gasteiger partial charge in [-0.25, -0.2) is 4.98 Å². The monoisotopic (exact) mass is 273 g/mol. The van der Waals surface area contributed by atoms with Crippen LogP contribution in [0.1, 0.15) is 0 Å². The molecule has 0 amide bonds. The van der Waals surface area contributed by atoms with E-state index in [1.165, 1.54) is 0 Å². The Hall–Kier alpha value is -1.68. The normalized spacial score (nSPS) is 10.8. The molecule has 0 saturated carbocycles. The standard InChI is InChI=1S/C12H8BrN3/c13-11-6-3-4-9-8-15-12(16(9)11)10-5-1-2-7-14-10/h1-8H. The van der Waals surface area contributed by atoms with Gasteiger partial charge in [0.2, 0.25) is 0 Å².